The van der Waals surface area contributed by atoms with Crippen molar-refractivity contribution in [3.05, 3.63) is 35.6 Å². The van der Waals surface area contributed by atoms with Crippen molar-refractivity contribution in [1.29, 1.82) is 0 Å². The van der Waals surface area contributed by atoms with E-state index >= 15 is 0 Å². The van der Waals surface area contributed by atoms with Crippen molar-refractivity contribution in [1.82, 2.24) is 14.7 Å². The van der Waals surface area contributed by atoms with Gasteiger partial charge in [-0.3, -0.25) is 4.98 Å². The molecule has 1 aliphatic heterocycles. The summed E-state index contributed by atoms with van der Waals surface area (Å²) in [5, 5.41) is 0. The van der Waals surface area contributed by atoms with Crippen molar-refractivity contribution in [3.8, 4) is 0 Å². The monoisotopic (exact) mass is 352 g/mol. The lowest BCUT2D eigenvalue weighted by Crippen LogP contribution is -2.38. The number of aryl methyl sites for hydroxylation is 1. The van der Waals surface area contributed by atoms with Crippen LogP contribution in [0.3, 0.4) is 0 Å². The maximum absolute atomic E-state index is 12.2. The van der Waals surface area contributed by atoms with Crippen molar-refractivity contribution < 1.29 is 8.42 Å². The lowest BCUT2D eigenvalue weighted by atomic mass is 9.97. The molecule has 8 heteroatoms. The molecule has 0 saturated carbocycles. The average molecular weight is 352 g/mol. The van der Waals surface area contributed by atoms with E-state index in [-0.39, 0.29) is 0 Å². The Morgan fingerprint density at radius 3 is 2.70 bits per heavy atom. The third kappa shape index (κ3) is 4.07. The molecule has 23 heavy (non-hydrogen) atoms. The molecular weight excluding hydrogens is 332 g/mol. The van der Waals surface area contributed by atoms with E-state index in [1.807, 2.05) is 13.0 Å². The van der Waals surface area contributed by atoms with Gasteiger partial charge in [0.15, 0.2) is 0 Å². The number of aromatic nitrogens is 2. The molecule has 3 heterocycles. The Balaban J connectivity index is 1.51. The molecule has 124 valence electrons. The molecular formula is C15H20N4O2S2. The first-order valence-corrected chi connectivity index (χ1v) is 9.91. The number of hydrogen-bond acceptors (Lipinski definition) is 6. The fraction of sp³-hybridized carbons (Fsp3) is 0.467. The van der Waals surface area contributed by atoms with Crippen molar-refractivity contribution in [2.45, 2.75) is 24.0 Å². The van der Waals surface area contributed by atoms with Gasteiger partial charge in [0, 0.05) is 36.9 Å². The SMILES string of the molecule is Cc1ccc(S(=O)(=O)NCC2CCN(c3cnccn3)CC2)s1. The minimum absolute atomic E-state index is 0.360. The molecule has 0 aliphatic carbocycles. The number of sulfonamides is 1. The molecule has 0 bridgehead atoms. The van der Waals surface area contributed by atoms with Crippen molar-refractivity contribution >= 4 is 27.2 Å². The van der Waals surface area contributed by atoms with Crippen LogP contribution in [0.15, 0.2) is 34.9 Å². The minimum Gasteiger partial charge on any atom is -0.355 e. The molecule has 3 rings (SSSR count). The topological polar surface area (TPSA) is 75.2 Å². The molecule has 0 amide bonds. The highest BCUT2D eigenvalue weighted by molar-refractivity contribution is 7.91. The van der Waals surface area contributed by atoms with E-state index in [1.165, 1.54) is 11.3 Å². The molecule has 0 spiro atoms. The number of hydrogen-bond donors (Lipinski definition) is 1. The standard InChI is InChI=1S/C15H20N4O2S2/c1-12-2-3-15(22-12)23(20,21)18-10-13-4-8-19(9-5-13)14-11-16-6-7-17-14/h2-3,6-7,11,13,18H,4-5,8-10H2,1H3. The van der Waals surface area contributed by atoms with Crippen LogP contribution in [0.1, 0.15) is 17.7 Å². The first-order valence-electron chi connectivity index (χ1n) is 7.62. The van der Waals surface area contributed by atoms with E-state index in [1.54, 1.807) is 24.7 Å². The summed E-state index contributed by atoms with van der Waals surface area (Å²) >= 11 is 1.31. The number of nitrogens with one attached hydrogen (secondary N) is 1. The molecule has 1 fully saturated rings. The summed E-state index contributed by atoms with van der Waals surface area (Å²) in [5.41, 5.74) is 0. The van der Waals surface area contributed by atoms with Crippen LogP contribution in [-0.2, 0) is 10.0 Å². The highest BCUT2D eigenvalue weighted by atomic mass is 32.2. The van der Waals surface area contributed by atoms with Crippen LogP contribution in [0.4, 0.5) is 5.82 Å². The predicted octanol–water partition coefficient (Wildman–Crippen LogP) is 2.04. The zero-order chi connectivity index (χ0) is 16.3. The Morgan fingerprint density at radius 2 is 2.09 bits per heavy atom. The molecule has 0 aromatic carbocycles. The fourth-order valence-electron chi connectivity index (χ4n) is 2.68. The highest BCUT2D eigenvalue weighted by Gasteiger charge is 2.23. The Bertz CT molecular complexity index is 738. The second-order valence-corrected chi connectivity index (χ2v) is 8.99. The maximum Gasteiger partial charge on any atom is 0.250 e. The third-order valence-electron chi connectivity index (χ3n) is 4.03. The Labute approximate surface area is 140 Å². The summed E-state index contributed by atoms with van der Waals surface area (Å²) in [4.78, 5) is 11.6. The highest BCUT2D eigenvalue weighted by Crippen LogP contribution is 2.23. The third-order valence-corrected chi connectivity index (χ3v) is 6.95. The second-order valence-electron chi connectivity index (χ2n) is 5.71. The van der Waals surface area contributed by atoms with E-state index in [9.17, 15) is 8.42 Å². The van der Waals surface area contributed by atoms with Gasteiger partial charge in [-0.1, -0.05) is 0 Å². The van der Waals surface area contributed by atoms with Crippen molar-refractivity contribution in [2.75, 3.05) is 24.5 Å². The Morgan fingerprint density at radius 1 is 1.30 bits per heavy atom. The quantitative estimate of drug-likeness (QED) is 0.891. The average Bonchev–Trinajstić information content (AvgIpc) is 3.02. The summed E-state index contributed by atoms with van der Waals surface area (Å²) < 4.78 is 27.6. The number of piperidine rings is 1. The number of anilines is 1. The van der Waals surface area contributed by atoms with Crippen molar-refractivity contribution in [3.63, 3.8) is 0 Å². The van der Waals surface area contributed by atoms with E-state index < -0.39 is 10.0 Å². The summed E-state index contributed by atoms with van der Waals surface area (Å²) in [6.07, 6.45) is 7.02. The van der Waals surface area contributed by atoms with Crippen LogP contribution in [-0.4, -0.2) is 38.0 Å². The van der Waals surface area contributed by atoms with Crippen molar-refractivity contribution in [2.24, 2.45) is 5.92 Å². The zero-order valence-electron chi connectivity index (χ0n) is 13.0. The largest absolute Gasteiger partial charge is 0.355 e. The van der Waals surface area contributed by atoms with Gasteiger partial charge < -0.3 is 4.90 Å². The number of nitrogens with zero attached hydrogens (tertiary/aromatic N) is 3. The minimum atomic E-state index is -3.37. The molecule has 1 N–H and O–H groups in total. The van der Waals surface area contributed by atoms with Gasteiger partial charge in [-0.2, -0.15) is 0 Å². The number of thiophene rings is 1. The van der Waals surface area contributed by atoms with Gasteiger partial charge in [0.05, 0.1) is 6.20 Å². The molecule has 0 radical (unpaired) electrons. The van der Waals surface area contributed by atoms with Crippen LogP contribution in [0.5, 0.6) is 0 Å². The molecule has 6 nitrogen and oxygen atoms in total. The van der Waals surface area contributed by atoms with Gasteiger partial charge in [0.2, 0.25) is 10.0 Å². The van der Waals surface area contributed by atoms with Gasteiger partial charge in [0.1, 0.15) is 10.0 Å². The Hall–Kier alpha value is -1.51. The van der Waals surface area contributed by atoms with Crippen LogP contribution in [0, 0.1) is 12.8 Å². The van der Waals surface area contributed by atoms with Gasteiger partial charge >= 0.3 is 0 Å². The maximum atomic E-state index is 12.2. The van der Waals surface area contributed by atoms with Crippen LogP contribution >= 0.6 is 11.3 Å². The normalized spacial score (nSPS) is 16.7. The predicted molar refractivity (Wildman–Crippen MR) is 91.2 cm³/mol. The van der Waals surface area contributed by atoms with E-state index in [0.29, 0.717) is 16.7 Å². The van der Waals surface area contributed by atoms with Crippen LogP contribution in [0.2, 0.25) is 0 Å². The lowest BCUT2D eigenvalue weighted by Gasteiger charge is -2.32. The molecule has 0 atom stereocenters. The summed E-state index contributed by atoms with van der Waals surface area (Å²) in [5.74, 6) is 1.25. The summed E-state index contributed by atoms with van der Waals surface area (Å²) in [6.45, 7) is 4.16. The van der Waals surface area contributed by atoms with Crippen LogP contribution < -0.4 is 9.62 Å². The lowest BCUT2D eigenvalue weighted by molar-refractivity contribution is 0.400. The first-order chi connectivity index (χ1) is 11.0. The van der Waals surface area contributed by atoms with Gasteiger partial charge in [-0.05, 0) is 37.8 Å². The smallest absolute Gasteiger partial charge is 0.250 e. The molecule has 2 aromatic heterocycles. The van der Waals surface area contributed by atoms with E-state index in [2.05, 4.69) is 19.6 Å². The van der Waals surface area contributed by atoms with Gasteiger partial charge in [-0.25, -0.2) is 18.1 Å². The second kappa shape index (κ2) is 6.94. The number of rotatable bonds is 5. The van der Waals surface area contributed by atoms with Gasteiger partial charge in [0.25, 0.3) is 0 Å². The summed E-state index contributed by atoms with van der Waals surface area (Å²) in [6, 6.07) is 3.50. The van der Waals surface area contributed by atoms with Crippen LogP contribution in [0.25, 0.3) is 0 Å². The van der Waals surface area contributed by atoms with E-state index in [4.69, 9.17) is 0 Å². The summed E-state index contributed by atoms with van der Waals surface area (Å²) in [7, 11) is -3.37. The molecule has 2 aromatic rings. The van der Waals surface area contributed by atoms with Gasteiger partial charge in [-0.15, -0.1) is 11.3 Å². The fourth-order valence-corrected chi connectivity index (χ4v) is 5.12. The molecule has 1 aliphatic rings. The van der Waals surface area contributed by atoms with E-state index in [0.717, 1.165) is 36.6 Å². The Kier molecular flexibility index (Phi) is 4.93. The first kappa shape index (κ1) is 16.4. The molecule has 1 saturated heterocycles. The molecule has 0 unspecified atom stereocenters. The zero-order valence-corrected chi connectivity index (χ0v) is 14.6.